The Balaban J connectivity index is 2.65. The van der Waals surface area contributed by atoms with Gasteiger partial charge in [0.05, 0.1) is 11.2 Å². The fourth-order valence-electron chi connectivity index (χ4n) is 1.99. The summed E-state index contributed by atoms with van der Waals surface area (Å²) < 4.78 is 14.5. The molecular formula is C12H13BrFN. The third kappa shape index (κ3) is 1.93. The van der Waals surface area contributed by atoms with E-state index in [1.807, 2.05) is 26.8 Å². The predicted octanol–water partition coefficient (Wildman–Crippen LogP) is 4.20. The lowest BCUT2D eigenvalue weighted by atomic mass is 9.91. The van der Waals surface area contributed by atoms with Gasteiger partial charge in [-0.3, -0.25) is 0 Å². The molecule has 0 saturated carbocycles. The lowest BCUT2D eigenvalue weighted by molar-refractivity contribution is 0.615. The average Bonchev–Trinajstić information content (AvgIpc) is 2.06. The van der Waals surface area contributed by atoms with Crippen molar-refractivity contribution in [1.82, 2.24) is 0 Å². The van der Waals surface area contributed by atoms with Crippen LogP contribution in [0, 0.1) is 5.82 Å². The Bertz CT molecular complexity index is 449. The number of nitrogens with one attached hydrogen (secondary N) is 1. The molecule has 0 bridgehead atoms. The molecule has 0 amide bonds. The van der Waals surface area contributed by atoms with Gasteiger partial charge < -0.3 is 5.32 Å². The first-order chi connectivity index (χ1) is 6.89. The molecule has 0 fully saturated rings. The quantitative estimate of drug-likeness (QED) is 0.745. The minimum Gasteiger partial charge on any atom is -0.374 e. The summed E-state index contributed by atoms with van der Waals surface area (Å²) in [6.45, 7) is 6.06. The van der Waals surface area contributed by atoms with Crippen molar-refractivity contribution in [3.63, 3.8) is 0 Å². The van der Waals surface area contributed by atoms with Crippen molar-refractivity contribution in [2.75, 3.05) is 5.32 Å². The minimum absolute atomic E-state index is 0.189. The molecule has 1 nitrogen and oxygen atoms in total. The van der Waals surface area contributed by atoms with Gasteiger partial charge in [-0.1, -0.05) is 22.0 Å². The maximum absolute atomic E-state index is 13.7. The van der Waals surface area contributed by atoms with Gasteiger partial charge in [-0.05, 0) is 38.5 Å². The molecule has 3 heteroatoms. The third-order valence-corrected chi connectivity index (χ3v) is 2.96. The van der Waals surface area contributed by atoms with Crippen LogP contribution in [-0.4, -0.2) is 5.54 Å². The Morgan fingerprint density at radius 1 is 1.33 bits per heavy atom. The van der Waals surface area contributed by atoms with Gasteiger partial charge in [0.25, 0.3) is 0 Å². The van der Waals surface area contributed by atoms with Crippen LogP contribution in [-0.2, 0) is 0 Å². The van der Waals surface area contributed by atoms with Crippen molar-refractivity contribution in [2.45, 2.75) is 26.3 Å². The first-order valence-electron chi connectivity index (χ1n) is 4.86. The Hall–Kier alpha value is -0.830. The lowest BCUT2D eigenvalue weighted by Gasteiger charge is -2.31. The number of allylic oxidation sites excluding steroid dienone is 1. The van der Waals surface area contributed by atoms with Crippen LogP contribution in [0.5, 0.6) is 0 Å². The van der Waals surface area contributed by atoms with Gasteiger partial charge in [0.15, 0.2) is 0 Å². The Morgan fingerprint density at radius 2 is 2.00 bits per heavy atom. The highest BCUT2D eigenvalue weighted by Crippen LogP contribution is 2.37. The van der Waals surface area contributed by atoms with Crippen molar-refractivity contribution in [1.29, 1.82) is 0 Å². The smallest absolute Gasteiger partial charge is 0.148 e. The summed E-state index contributed by atoms with van der Waals surface area (Å²) in [6, 6.07) is 3.42. The van der Waals surface area contributed by atoms with Crippen LogP contribution in [0.4, 0.5) is 10.1 Å². The molecule has 1 aromatic rings. The Kier molecular flexibility index (Phi) is 2.38. The summed E-state index contributed by atoms with van der Waals surface area (Å²) in [5, 5.41) is 3.19. The standard InChI is InChI=1S/C12H13BrFN/c1-7-6-12(2,3)15-11-9(7)4-8(13)5-10(11)14/h4-6,15H,1-3H3. The second-order valence-corrected chi connectivity index (χ2v) is 5.40. The molecule has 0 radical (unpaired) electrons. The molecule has 1 heterocycles. The fraction of sp³-hybridized carbons (Fsp3) is 0.333. The van der Waals surface area contributed by atoms with E-state index in [-0.39, 0.29) is 11.4 Å². The second kappa shape index (κ2) is 3.34. The molecule has 1 aromatic carbocycles. The number of rotatable bonds is 0. The molecule has 1 aliphatic rings. The van der Waals surface area contributed by atoms with E-state index in [4.69, 9.17) is 0 Å². The molecule has 0 spiro atoms. The molecule has 0 unspecified atom stereocenters. The van der Waals surface area contributed by atoms with E-state index < -0.39 is 0 Å². The molecular weight excluding hydrogens is 257 g/mol. The van der Waals surface area contributed by atoms with E-state index in [9.17, 15) is 4.39 Å². The van der Waals surface area contributed by atoms with E-state index in [1.165, 1.54) is 6.07 Å². The Labute approximate surface area is 97.5 Å². The largest absolute Gasteiger partial charge is 0.374 e. The van der Waals surface area contributed by atoms with Crippen molar-refractivity contribution in [3.05, 3.63) is 34.1 Å². The van der Waals surface area contributed by atoms with Gasteiger partial charge in [0, 0.05) is 10.0 Å². The zero-order valence-electron chi connectivity index (χ0n) is 8.99. The first-order valence-corrected chi connectivity index (χ1v) is 5.65. The second-order valence-electron chi connectivity index (χ2n) is 4.48. The van der Waals surface area contributed by atoms with Crippen molar-refractivity contribution < 1.29 is 4.39 Å². The van der Waals surface area contributed by atoms with Gasteiger partial charge in [0.2, 0.25) is 0 Å². The molecule has 0 aromatic heterocycles. The highest BCUT2D eigenvalue weighted by Gasteiger charge is 2.24. The number of hydrogen-bond donors (Lipinski definition) is 1. The van der Waals surface area contributed by atoms with E-state index in [0.29, 0.717) is 5.69 Å². The summed E-state index contributed by atoms with van der Waals surface area (Å²) in [5.41, 5.74) is 2.45. The molecule has 80 valence electrons. The van der Waals surface area contributed by atoms with Crippen molar-refractivity contribution in [3.8, 4) is 0 Å². The molecule has 0 atom stereocenters. The molecule has 0 saturated heterocycles. The van der Waals surface area contributed by atoms with Crippen LogP contribution < -0.4 is 5.32 Å². The van der Waals surface area contributed by atoms with Gasteiger partial charge >= 0.3 is 0 Å². The zero-order valence-corrected chi connectivity index (χ0v) is 10.6. The van der Waals surface area contributed by atoms with Gasteiger partial charge in [-0.15, -0.1) is 0 Å². The van der Waals surface area contributed by atoms with E-state index in [2.05, 4.69) is 27.3 Å². The van der Waals surface area contributed by atoms with Crippen LogP contribution in [0.15, 0.2) is 22.7 Å². The van der Waals surface area contributed by atoms with Crippen molar-refractivity contribution in [2.24, 2.45) is 0 Å². The monoisotopic (exact) mass is 269 g/mol. The van der Waals surface area contributed by atoms with Crippen molar-refractivity contribution >= 4 is 27.2 Å². The zero-order chi connectivity index (χ0) is 11.2. The number of fused-ring (bicyclic) bond motifs is 1. The first kappa shape index (κ1) is 10.7. The summed E-state index contributed by atoms with van der Waals surface area (Å²) in [7, 11) is 0. The summed E-state index contributed by atoms with van der Waals surface area (Å²) in [6.07, 6.45) is 2.11. The highest BCUT2D eigenvalue weighted by atomic mass is 79.9. The number of anilines is 1. The van der Waals surface area contributed by atoms with E-state index in [0.717, 1.165) is 15.6 Å². The normalized spacial score (nSPS) is 17.8. The third-order valence-electron chi connectivity index (χ3n) is 2.50. The van der Waals surface area contributed by atoms with Crippen LogP contribution in [0.1, 0.15) is 26.3 Å². The Morgan fingerprint density at radius 3 is 2.67 bits per heavy atom. The van der Waals surface area contributed by atoms with Crippen LogP contribution in [0.3, 0.4) is 0 Å². The SMILES string of the molecule is CC1=CC(C)(C)Nc2c(F)cc(Br)cc21. The van der Waals surface area contributed by atoms with Crippen LogP contribution >= 0.6 is 15.9 Å². The molecule has 15 heavy (non-hydrogen) atoms. The predicted molar refractivity (Wildman–Crippen MR) is 65.5 cm³/mol. The highest BCUT2D eigenvalue weighted by molar-refractivity contribution is 9.10. The minimum atomic E-state index is -0.208. The van der Waals surface area contributed by atoms with Gasteiger partial charge in [0.1, 0.15) is 5.82 Å². The summed E-state index contributed by atoms with van der Waals surface area (Å²) >= 11 is 3.30. The molecule has 1 aliphatic heterocycles. The molecule has 1 N–H and O–H groups in total. The maximum Gasteiger partial charge on any atom is 0.148 e. The van der Waals surface area contributed by atoms with E-state index in [1.54, 1.807) is 0 Å². The number of benzene rings is 1. The fourth-order valence-corrected chi connectivity index (χ4v) is 2.42. The molecule has 0 aliphatic carbocycles. The average molecular weight is 270 g/mol. The van der Waals surface area contributed by atoms with E-state index >= 15 is 0 Å². The van der Waals surface area contributed by atoms with Crippen LogP contribution in [0.25, 0.3) is 5.57 Å². The topological polar surface area (TPSA) is 12.0 Å². The number of halogens is 2. The summed E-state index contributed by atoms with van der Waals surface area (Å²) in [4.78, 5) is 0. The van der Waals surface area contributed by atoms with Crippen LogP contribution in [0.2, 0.25) is 0 Å². The van der Waals surface area contributed by atoms with Gasteiger partial charge in [-0.2, -0.15) is 0 Å². The summed E-state index contributed by atoms with van der Waals surface area (Å²) in [5.74, 6) is -0.208. The lowest BCUT2D eigenvalue weighted by Crippen LogP contribution is -2.32. The maximum atomic E-state index is 13.7. The molecule has 2 rings (SSSR count). The number of hydrogen-bond acceptors (Lipinski definition) is 1. The van der Waals surface area contributed by atoms with Gasteiger partial charge in [-0.25, -0.2) is 4.39 Å².